The first-order valence-electron chi connectivity index (χ1n) is 10.2. The highest BCUT2D eigenvalue weighted by atomic mass is 16.5. The minimum absolute atomic E-state index is 0.141. The summed E-state index contributed by atoms with van der Waals surface area (Å²) in [6.07, 6.45) is -0.141. The lowest BCUT2D eigenvalue weighted by Gasteiger charge is -2.12. The lowest BCUT2D eigenvalue weighted by atomic mass is 10.1. The fourth-order valence-electron chi connectivity index (χ4n) is 3.62. The van der Waals surface area contributed by atoms with Gasteiger partial charge in [-0.15, -0.1) is 0 Å². The number of pyridine rings is 1. The van der Waals surface area contributed by atoms with Crippen LogP contribution in [0.2, 0.25) is 0 Å². The van der Waals surface area contributed by atoms with Crippen molar-refractivity contribution in [3.05, 3.63) is 77.2 Å². The summed E-state index contributed by atoms with van der Waals surface area (Å²) < 4.78 is 17.3. The molecule has 4 rings (SSSR count). The van der Waals surface area contributed by atoms with Gasteiger partial charge in [-0.2, -0.15) is 0 Å². The molecule has 2 aromatic carbocycles. The second kappa shape index (κ2) is 9.11. The SMILES string of the molecule is COc1ccc(CC(=O)O)c(OCc2c(C)oc3ccc(-c4cccc(CN)n4)cc23)c1. The first-order valence-corrected chi connectivity index (χ1v) is 10.2. The van der Waals surface area contributed by atoms with Crippen LogP contribution in [0.4, 0.5) is 0 Å². The summed E-state index contributed by atoms with van der Waals surface area (Å²) in [5.41, 5.74) is 10.5. The van der Waals surface area contributed by atoms with Gasteiger partial charge in [0.05, 0.1) is 24.9 Å². The fourth-order valence-corrected chi connectivity index (χ4v) is 3.62. The second-order valence-corrected chi connectivity index (χ2v) is 7.40. The number of nitrogens with two attached hydrogens (primary N) is 1. The number of furan rings is 1. The molecular weight excluding hydrogens is 408 g/mol. The number of nitrogens with zero attached hydrogens (tertiary/aromatic N) is 1. The first kappa shape index (κ1) is 21.4. The predicted octanol–water partition coefficient (Wildman–Crippen LogP) is 4.48. The zero-order valence-corrected chi connectivity index (χ0v) is 17.9. The van der Waals surface area contributed by atoms with Gasteiger partial charge in [0, 0.05) is 34.7 Å². The summed E-state index contributed by atoms with van der Waals surface area (Å²) in [6, 6.07) is 16.8. The van der Waals surface area contributed by atoms with Gasteiger partial charge in [-0.05, 0) is 43.3 Å². The maximum absolute atomic E-state index is 11.2. The van der Waals surface area contributed by atoms with Crippen LogP contribution in [0.25, 0.3) is 22.2 Å². The molecule has 3 N–H and O–H groups in total. The van der Waals surface area contributed by atoms with Crippen molar-refractivity contribution >= 4 is 16.9 Å². The van der Waals surface area contributed by atoms with Crippen LogP contribution in [0.15, 0.2) is 59.0 Å². The number of hydrogen-bond acceptors (Lipinski definition) is 6. The van der Waals surface area contributed by atoms with E-state index in [9.17, 15) is 9.90 Å². The fraction of sp³-hybridized carbons (Fsp3) is 0.200. The van der Waals surface area contributed by atoms with Gasteiger partial charge >= 0.3 is 5.97 Å². The van der Waals surface area contributed by atoms with Crippen molar-refractivity contribution in [2.24, 2.45) is 5.73 Å². The Labute approximate surface area is 185 Å². The van der Waals surface area contributed by atoms with Crippen molar-refractivity contribution in [1.29, 1.82) is 0 Å². The van der Waals surface area contributed by atoms with Gasteiger partial charge in [0.25, 0.3) is 0 Å². The van der Waals surface area contributed by atoms with Crippen LogP contribution in [-0.2, 0) is 24.4 Å². The maximum Gasteiger partial charge on any atom is 0.307 e. The molecule has 0 amide bonds. The lowest BCUT2D eigenvalue weighted by Crippen LogP contribution is -2.05. The molecule has 164 valence electrons. The maximum atomic E-state index is 11.2. The Bertz CT molecular complexity index is 1280. The number of rotatable bonds is 8. The van der Waals surface area contributed by atoms with E-state index in [1.807, 2.05) is 43.3 Å². The quantitative estimate of drug-likeness (QED) is 0.423. The Hall–Kier alpha value is -3.84. The molecule has 0 fully saturated rings. The third kappa shape index (κ3) is 4.43. The van der Waals surface area contributed by atoms with E-state index in [2.05, 4.69) is 4.98 Å². The highest BCUT2D eigenvalue weighted by Crippen LogP contribution is 2.32. The average Bonchev–Trinajstić information content (AvgIpc) is 3.12. The number of carboxylic acid groups (broad SMARTS) is 1. The Morgan fingerprint density at radius 2 is 2.00 bits per heavy atom. The van der Waals surface area contributed by atoms with Crippen molar-refractivity contribution in [3.63, 3.8) is 0 Å². The second-order valence-electron chi connectivity index (χ2n) is 7.40. The molecule has 7 nitrogen and oxygen atoms in total. The number of aryl methyl sites for hydroxylation is 1. The summed E-state index contributed by atoms with van der Waals surface area (Å²) in [5, 5.41) is 10.1. The number of carbonyl (C=O) groups is 1. The summed E-state index contributed by atoms with van der Waals surface area (Å²) in [4.78, 5) is 15.8. The largest absolute Gasteiger partial charge is 0.497 e. The van der Waals surface area contributed by atoms with E-state index in [0.717, 1.165) is 39.2 Å². The average molecular weight is 432 g/mol. The Morgan fingerprint density at radius 3 is 2.75 bits per heavy atom. The third-order valence-corrected chi connectivity index (χ3v) is 5.29. The molecule has 32 heavy (non-hydrogen) atoms. The van der Waals surface area contributed by atoms with E-state index in [1.165, 1.54) is 0 Å². The van der Waals surface area contributed by atoms with E-state index < -0.39 is 5.97 Å². The highest BCUT2D eigenvalue weighted by molar-refractivity contribution is 5.86. The zero-order valence-electron chi connectivity index (χ0n) is 17.9. The molecule has 2 heterocycles. The normalized spacial score (nSPS) is 11.0. The van der Waals surface area contributed by atoms with Crippen molar-refractivity contribution in [1.82, 2.24) is 4.98 Å². The molecule has 7 heteroatoms. The number of hydrogen-bond donors (Lipinski definition) is 2. The number of aliphatic carboxylic acids is 1. The van der Waals surface area contributed by atoms with Crippen molar-refractivity contribution < 1.29 is 23.8 Å². The summed E-state index contributed by atoms with van der Waals surface area (Å²) in [5.74, 6) is 0.871. The van der Waals surface area contributed by atoms with Crippen molar-refractivity contribution in [2.75, 3.05) is 7.11 Å². The molecule has 0 spiro atoms. The van der Waals surface area contributed by atoms with Crippen LogP contribution < -0.4 is 15.2 Å². The summed E-state index contributed by atoms with van der Waals surface area (Å²) in [6.45, 7) is 2.48. The molecule has 0 aliphatic heterocycles. The van der Waals surface area contributed by atoms with Gasteiger partial charge in [0.1, 0.15) is 29.4 Å². The molecule has 0 atom stereocenters. The molecule has 0 bridgehead atoms. The topological polar surface area (TPSA) is 108 Å². The van der Waals surface area contributed by atoms with Gasteiger partial charge in [0.2, 0.25) is 0 Å². The number of methoxy groups -OCH3 is 1. The van der Waals surface area contributed by atoms with Gasteiger partial charge in [-0.1, -0.05) is 12.1 Å². The van der Waals surface area contributed by atoms with Gasteiger partial charge in [0.15, 0.2) is 0 Å². The first-order chi connectivity index (χ1) is 15.5. The zero-order chi connectivity index (χ0) is 22.7. The Kier molecular flexibility index (Phi) is 6.09. The van der Waals surface area contributed by atoms with Crippen molar-refractivity contribution in [3.8, 4) is 22.8 Å². The Morgan fingerprint density at radius 1 is 1.16 bits per heavy atom. The highest BCUT2D eigenvalue weighted by Gasteiger charge is 2.16. The third-order valence-electron chi connectivity index (χ3n) is 5.29. The number of benzene rings is 2. The van der Waals surface area contributed by atoms with E-state index in [-0.39, 0.29) is 13.0 Å². The van der Waals surface area contributed by atoms with Crippen LogP contribution in [0.3, 0.4) is 0 Å². The van der Waals surface area contributed by atoms with Crippen LogP contribution in [0.5, 0.6) is 11.5 Å². The van der Waals surface area contributed by atoms with E-state index in [0.29, 0.717) is 23.6 Å². The molecule has 0 unspecified atom stereocenters. The summed E-state index contributed by atoms with van der Waals surface area (Å²) in [7, 11) is 1.55. The monoisotopic (exact) mass is 432 g/mol. The molecule has 0 aliphatic carbocycles. The van der Waals surface area contributed by atoms with Crippen LogP contribution in [-0.4, -0.2) is 23.2 Å². The number of fused-ring (bicyclic) bond motifs is 1. The van der Waals surface area contributed by atoms with Crippen LogP contribution in [0.1, 0.15) is 22.6 Å². The number of ether oxygens (including phenoxy) is 2. The lowest BCUT2D eigenvalue weighted by molar-refractivity contribution is -0.136. The minimum atomic E-state index is -0.929. The molecule has 0 radical (unpaired) electrons. The number of carboxylic acids is 1. The molecule has 4 aromatic rings. The molecule has 2 aromatic heterocycles. The molecule has 0 saturated carbocycles. The molecular formula is C25H24N2O5. The van der Waals surface area contributed by atoms with E-state index in [1.54, 1.807) is 25.3 Å². The van der Waals surface area contributed by atoms with E-state index >= 15 is 0 Å². The Balaban J connectivity index is 1.68. The van der Waals surface area contributed by atoms with Crippen molar-refractivity contribution in [2.45, 2.75) is 26.5 Å². The predicted molar refractivity (Wildman–Crippen MR) is 121 cm³/mol. The van der Waals surface area contributed by atoms with Crippen LogP contribution >= 0.6 is 0 Å². The van der Waals surface area contributed by atoms with Gasteiger partial charge < -0.3 is 24.7 Å². The van der Waals surface area contributed by atoms with Gasteiger partial charge in [-0.25, -0.2) is 0 Å². The standard InChI is InChI=1S/C25H24N2O5/c1-15-21(14-31-24-12-19(30-2)8-6-17(24)11-25(28)29)20-10-16(7-9-23(20)32-15)22-5-3-4-18(13-26)27-22/h3-10,12H,11,13-14,26H2,1-2H3,(H,28,29). The molecule has 0 saturated heterocycles. The minimum Gasteiger partial charge on any atom is -0.497 e. The van der Waals surface area contributed by atoms with Crippen LogP contribution in [0, 0.1) is 6.92 Å². The van der Waals surface area contributed by atoms with Gasteiger partial charge in [-0.3, -0.25) is 9.78 Å². The van der Waals surface area contributed by atoms with E-state index in [4.69, 9.17) is 19.6 Å². The summed E-state index contributed by atoms with van der Waals surface area (Å²) >= 11 is 0. The number of aromatic nitrogens is 1. The smallest absolute Gasteiger partial charge is 0.307 e. The molecule has 0 aliphatic rings.